The number of pyridine rings is 2. The fourth-order valence-corrected chi connectivity index (χ4v) is 2.71. The molecule has 7 nitrogen and oxygen atoms in total. The number of aryl methyl sites for hydroxylation is 1. The Morgan fingerprint density at radius 3 is 2.67 bits per heavy atom. The number of benzene rings is 1. The number of aromatic nitrogens is 4. The van der Waals surface area contributed by atoms with Gasteiger partial charge in [0, 0.05) is 30.4 Å². The second-order valence-corrected chi connectivity index (χ2v) is 5.96. The summed E-state index contributed by atoms with van der Waals surface area (Å²) in [6.07, 6.45) is 6.80. The van der Waals surface area contributed by atoms with Gasteiger partial charge in [-0.2, -0.15) is 0 Å². The van der Waals surface area contributed by atoms with Crippen LogP contribution in [0.5, 0.6) is 5.75 Å². The molecule has 3 heterocycles. The van der Waals surface area contributed by atoms with E-state index in [4.69, 9.17) is 8.85 Å². The smallest absolute Gasteiger partial charge is 0.256 e. The summed E-state index contributed by atoms with van der Waals surface area (Å²) in [7, 11) is -0.650. The van der Waals surface area contributed by atoms with Gasteiger partial charge >= 0.3 is 0 Å². The molecule has 0 radical (unpaired) electrons. The molecule has 0 unspecified atom stereocenters. The van der Waals surface area contributed by atoms with Gasteiger partial charge in [-0.3, -0.25) is 9.78 Å². The van der Waals surface area contributed by atoms with Crippen molar-refractivity contribution in [3.63, 3.8) is 0 Å². The van der Waals surface area contributed by atoms with Gasteiger partial charge in [-0.1, -0.05) is 0 Å². The molecule has 0 saturated heterocycles. The maximum absolute atomic E-state index is 12.5. The van der Waals surface area contributed by atoms with Crippen LogP contribution >= 0.6 is 0 Å². The highest BCUT2D eigenvalue weighted by molar-refractivity contribution is 6.04. The first kappa shape index (κ1) is 13.5. The van der Waals surface area contributed by atoms with Gasteiger partial charge in [-0.15, -0.1) is 0 Å². The van der Waals surface area contributed by atoms with E-state index in [0.29, 0.717) is 11.4 Å². The first-order valence-electron chi connectivity index (χ1n) is 9.61. The molecule has 1 aromatic carbocycles. The summed E-state index contributed by atoms with van der Waals surface area (Å²) in [5, 5.41) is 4.45. The average Bonchev–Trinajstić information content (AvgIpc) is 3.12. The molecule has 0 spiro atoms. The predicted octanol–water partition coefficient (Wildman–Crippen LogP) is 3.29. The van der Waals surface area contributed by atoms with Gasteiger partial charge in [0.15, 0.2) is 0 Å². The number of fused-ring (bicyclic) bond motifs is 1. The fraction of sp³-hybridized carbons (Fsp3) is 0.100. The zero-order valence-electron chi connectivity index (χ0n) is 17.4. The number of nitrogens with one attached hydrogen (secondary N) is 1. The van der Waals surface area contributed by atoms with E-state index in [1.807, 2.05) is 17.7 Å². The van der Waals surface area contributed by atoms with Crippen molar-refractivity contribution in [3.05, 3.63) is 66.9 Å². The minimum atomic E-state index is -2.54. The highest BCUT2D eigenvalue weighted by Gasteiger charge is 2.09. The van der Waals surface area contributed by atoms with Crippen molar-refractivity contribution in [1.82, 2.24) is 19.5 Å². The number of amides is 1. The third-order valence-corrected chi connectivity index (χ3v) is 4.16. The van der Waals surface area contributed by atoms with Gasteiger partial charge in [-0.05, 0) is 41.8 Å². The van der Waals surface area contributed by atoms with E-state index in [1.54, 1.807) is 31.0 Å². The normalized spacial score (nSPS) is 12.9. The second-order valence-electron chi connectivity index (χ2n) is 5.96. The van der Waals surface area contributed by atoms with E-state index < -0.39 is 7.04 Å². The van der Waals surface area contributed by atoms with Crippen LogP contribution < -0.4 is 10.1 Å². The zero-order chi connectivity index (χ0) is 21.3. The number of imidazole rings is 1. The van der Waals surface area contributed by atoms with E-state index in [-0.39, 0.29) is 11.7 Å². The predicted molar refractivity (Wildman–Crippen MR) is 103 cm³/mol. The minimum Gasteiger partial charge on any atom is -0.497 e. The lowest BCUT2D eigenvalue weighted by molar-refractivity contribution is 0.102. The van der Waals surface area contributed by atoms with Crippen LogP contribution in [0, 0.1) is 0 Å². The van der Waals surface area contributed by atoms with Crippen molar-refractivity contribution in [2.24, 2.45) is 7.05 Å². The molecule has 3 aromatic heterocycles. The highest BCUT2D eigenvalue weighted by Crippen LogP contribution is 2.23. The monoisotopic (exact) mass is 362 g/mol. The molecule has 4 aromatic rings. The minimum absolute atomic E-state index is 0.158. The second kappa shape index (κ2) is 6.87. The van der Waals surface area contributed by atoms with Crippen LogP contribution in [0.3, 0.4) is 0 Å². The molecule has 0 bridgehead atoms. The highest BCUT2D eigenvalue weighted by atomic mass is 16.5. The van der Waals surface area contributed by atoms with Gasteiger partial charge in [0.2, 0.25) is 0 Å². The van der Waals surface area contributed by atoms with E-state index in [9.17, 15) is 4.79 Å². The fourth-order valence-electron chi connectivity index (χ4n) is 2.71. The zero-order valence-corrected chi connectivity index (χ0v) is 14.4. The largest absolute Gasteiger partial charge is 0.497 e. The van der Waals surface area contributed by atoms with Crippen molar-refractivity contribution in [1.29, 1.82) is 0 Å². The number of ether oxygens (including phenoxy) is 1. The molecule has 4 rings (SSSR count). The first-order valence-corrected chi connectivity index (χ1v) is 8.11. The molecule has 0 atom stereocenters. The summed E-state index contributed by atoms with van der Waals surface area (Å²) in [6.45, 7) is 0. The van der Waals surface area contributed by atoms with Crippen LogP contribution in [0.4, 0.5) is 5.82 Å². The van der Waals surface area contributed by atoms with E-state index in [0.717, 1.165) is 22.2 Å². The van der Waals surface area contributed by atoms with Crippen molar-refractivity contribution in [3.8, 4) is 17.1 Å². The Labute approximate surface area is 159 Å². The first-order chi connectivity index (χ1) is 14.3. The Kier molecular flexibility index (Phi) is 3.43. The van der Waals surface area contributed by atoms with Crippen molar-refractivity contribution < 1.29 is 13.6 Å². The van der Waals surface area contributed by atoms with Crippen molar-refractivity contribution >= 4 is 22.5 Å². The molecular formula is C20H17N5O2. The summed E-state index contributed by atoms with van der Waals surface area (Å²) in [6, 6.07) is 9.51. The van der Waals surface area contributed by atoms with Gasteiger partial charge in [-0.25, -0.2) is 9.97 Å². The number of anilines is 1. The van der Waals surface area contributed by atoms with Crippen LogP contribution in [0.25, 0.3) is 22.2 Å². The molecule has 1 amide bonds. The topological polar surface area (TPSA) is 81.9 Å². The molecule has 0 aliphatic rings. The van der Waals surface area contributed by atoms with Crippen LogP contribution in [-0.4, -0.2) is 32.5 Å². The molecule has 0 aliphatic carbocycles. The lowest BCUT2D eigenvalue weighted by Gasteiger charge is -2.08. The summed E-state index contributed by atoms with van der Waals surface area (Å²) >= 11 is 0. The molecule has 134 valence electrons. The molecule has 0 aliphatic heterocycles. The SMILES string of the molecule is [2H]C([2H])([2H])Oc1ccc(C(=O)Nc2cc3cc(-c4cncn4C)ncc3cn2)cc1. The Hall–Kier alpha value is -3.74. The Morgan fingerprint density at radius 1 is 1.11 bits per heavy atom. The number of nitrogens with zero attached hydrogens (tertiary/aromatic N) is 4. The Bertz CT molecular complexity index is 1220. The van der Waals surface area contributed by atoms with Crippen LogP contribution in [0.15, 0.2) is 61.3 Å². The number of carbonyl (C=O) groups is 1. The van der Waals surface area contributed by atoms with Gasteiger partial charge in [0.1, 0.15) is 11.6 Å². The molecular weight excluding hydrogens is 342 g/mol. The number of hydrogen-bond donors (Lipinski definition) is 1. The number of rotatable bonds is 4. The number of carbonyl (C=O) groups excluding carboxylic acids is 1. The third kappa shape index (κ3) is 3.35. The van der Waals surface area contributed by atoms with E-state index in [2.05, 4.69) is 20.3 Å². The van der Waals surface area contributed by atoms with Gasteiger partial charge in [0.05, 0.1) is 35.1 Å². The number of methoxy groups -OCH3 is 1. The molecule has 0 saturated carbocycles. The van der Waals surface area contributed by atoms with Crippen LogP contribution in [-0.2, 0) is 7.05 Å². The maximum atomic E-state index is 12.5. The third-order valence-electron chi connectivity index (χ3n) is 4.16. The molecule has 1 N–H and O–H groups in total. The summed E-state index contributed by atoms with van der Waals surface area (Å²) < 4.78 is 28.0. The Morgan fingerprint density at radius 2 is 1.93 bits per heavy atom. The van der Waals surface area contributed by atoms with Gasteiger partial charge in [0.25, 0.3) is 5.91 Å². The lowest BCUT2D eigenvalue weighted by atomic mass is 10.1. The molecule has 7 heteroatoms. The quantitative estimate of drug-likeness (QED) is 0.602. The van der Waals surface area contributed by atoms with Crippen LogP contribution in [0.1, 0.15) is 14.5 Å². The van der Waals surface area contributed by atoms with E-state index in [1.165, 1.54) is 24.3 Å². The Balaban J connectivity index is 1.54. The van der Waals surface area contributed by atoms with Crippen molar-refractivity contribution in [2.45, 2.75) is 0 Å². The van der Waals surface area contributed by atoms with Crippen LogP contribution in [0.2, 0.25) is 0 Å². The molecule has 27 heavy (non-hydrogen) atoms. The summed E-state index contributed by atoms with van der Waals surface area (Å²) in [4.78, 5) is 25.3. The van der Waals surface area contributed by atoms with Crippen molar-refractivity contribution in [2.75, 3.05) is 12.4 Å². The molecule has 0 fully saturated rings. The lowest BCUT2D eigenvalue weighted by Crippen LogP contribution is -2.12. The summed E-state index contributed by atoms with van der Waals surface area (Å²) in [5.74, 6) is 0.172. The maximum Gasteiger partial charge on any atom is 0.256 e. The summed E-state index contributed by atoms with van der Waals surface area (Å²) in [5.41, 5.74) is 1.98. The van der Waals surface area contributed by atoms with E-state index >= 15 is 0 Å². The van der Waals surface area contributed by atoms with Gasteiger partial charge < -0.3 is 14.6 Å². The standard InChI is InChI=1S/C20H17N5O2/c1-25-12-21-11-18(25)17-7-14-8-19(23-10-15(14)9-22-17)24-20(26)13-3-5-16(27-2)6-4-13/h3-12H,1-2H3,(H,23,24,26)/i2D3. The number of hydrogen-bond acceptors (Lipinski definition) is 5. The average molecular weight is 362 g/mol.